The highest BCUT2D eigenvalue weighted by Gasteiger charge is 2.44. The van der Waals surface area contributed by atoms with Gasteiger partial charge in [-0.15, -0.1) is 0 Å². The third-order valence-electron chi connectivity index (χ3n) is 4.42. The second-order valence-corrected chi connectivity index (χ2v) is 7.77. The number of carbonyl (C=O) groups is 1. The number of rotatable bonds is 2. The molecule has 0 saturated carbocycles. The first-order valence-corrected chi connectivity index (χ1v) is 8.63. The van der Waals surface area contributed by atoms with Crippen molar-refractivity contribution in [1.29, 1.82) is 5.26 Å². The van der Waals surface area contributed by atoms with E-state index in [1.807, 2.05) is 27.0 Å². The van der Waals surface area contributed by atoms with E-state index in [0.717, 1.165) is 4.47 Å². The van der Waals surface area contributed by atoms with Crippen LogP contribution in [0.2, 0.25) is 0 Å². The molecule has 0 fully saturated rings. The molecule has 2 aliphatic rings. The summed E-state index contributed by atoms with van der Waals surface area (Å²) < 4.78 is 8.18. The third-order valence-corrected chi connectivity index (χ3v) is 5.03. The highest BCUT2D eigenvalue weighted by molar-refractivity contribution is 9.10. The molecule has 0 spiro atoms. The first-order chi connectivity index (χ1) is 11.3. The Morgan fingerprint density at radius 1 is 1.54 bits per heavy atom. The average molecular weight is 391 g/mol. The molecule has 2 N–H and O–H groups in total. The quantitative estimate of drug-likeness (QED) is 0.836. The Bertz CT molecular complexity index is 826. The summed E-state index contributed by atoms with van der Waals surface area (Å²) >= 11 is 3.50. The number of Topliss-reactive ketones (excluding diaryl/α,β-unsaturated/α-hetero) is 1. The Kier molecular flexibility index (Phi) is 4.04. The van der Waals surface area contributed by atoms with Crippen LogP contribution in [0.15, 0.2) is 33.5 Å². The monoisotopic (exact) mass is 390 g/mol. The molecule has 0 saturated heterocycles. The van der Waals surface area contributed by atoms with Crippen LogP contribution in [0.5, 0.6) is 0 Å². The summed E-state index contributed by atoms with van der Waals surface area (Å²) in [5.74, 6) is 0.0365. The fourth-order valence-electron chi connectivity index (χ4n) is 3.33. The van der Waals surface area contributed by atoms with Crippen molar-refractivity contribution in [1.82, 2.24) is 9.78 Å². The molecule has 6 nitrogen and oxygen atoms in total. The number of nitrogens with two attached hydrogens (primary N) is 1. The fraction of sp³-hybridized carbons (Fsp3) is 0.471. The third kappa shape index (κ3) is 2.65. The van der Waals surface area contributed by atoms with E-state index in [2.05, 4.69) is 27.1 Å². The number of allylic oxidation sites excluding steroid dienone is 3. The van der Waals surface area contributed by atoms with Gasteiger partial charge in [-0.1, -0.05) is 13.8 Å². The number of halogens is 1. The maximum atomic E-state index is 12.8. The smallest absolute Gasteiger partial charge is 0.205 e. The van der Waals surface area contributed by atoms with E-state index in [1.165, 1.54) is 0 Å². The number of aryl methyl sites for hydroxylation is 1. The van der Waals surface area contributed by atoms with Gasteiger partial charge in [0.25, 0.3) is 0 Å². The summed E-state index contributed by atoms with van der Waals surface area (Å²) in [6, 6.07) is 2.10. The molecule has 1 aliphatic heterocycles. The molecule has 0 radical (unpaired) electrons. The van der Waals surface area contributed by atoms with Crippen LogP contribution < -0.4 is 5.73 Å². The van der Waals surface area contributed by atoms with Crippen LogP contribution in [0.3, 0.4) is 0 Å². The largest absolute Gasteiger partial charge is 0.444 e. The zero-order valence-electron chi connectivity index (χ0n) is 13.9. The zero-order valence-corrected chi connectivity index (χ0v) is 15.5. The standard InChI is InChI=1S/C17H19BrN4O2/c1-4-22-8-10(18)15(21-22)13-9(7-19)16(20)24-12-6-17(2,3)5-11(23)14(12)13/h8,13H,4-6,20H2,1-3H3/t13-/m0/s1. The molecule has 7 heteroatoms. The van der Waals surface area contributed by atoms with Crippen molar-refractivity contribution in [3.63, 3.8) is 0 Å². The molecule has 1 aromatic heterocycles. The van der Waals surface area contributed by atoms with E-state index < -0.39 is 5.92 Å². The van der Waals surface area contributed by atoms with Crippen LogP contribution >= 0.6 is 15.9 Å². The van der Waals surface area contributed by atoms with Crippen LogP contribution in [0.1, 0.15) is 45.2 Å². The van der Waals surface area contributed by atoms with Crippen LogP contribution in [-0.2, 0) is 16.1 Å². The highest BCUT2D eigenvalue weighted by Crippen LogP contribution is 2.48. The number of ether oxygens (including phenoxy) is 1. The van der Waals surface area contributed by atoms with Crippen LogP contribution in [0.4, 0.5) is 0 Å². The van der Waals surface area contributed by atoms with Crippen LogP contribution in [-0.4, -0.2) is 15.6 Å². The molecule has 0 unspecified atom stereocenters. The van der Waals surface area contributed by atoms with Gasteiger partial charge in [0, 0.05) is 31.2 Å². The number of nitrogens with zero attached hydrogens (tertiary/aromatic N) is 3. The van der Waals surface area contributed by atoms with E-state index in [9.17, 15) is 10.1 Å². The van der Waals surface area contributed by atoms with Gasteiger partial charge in [-0.25, -0.2) is 0 Å². The van der Waals surface area contributed by atoms with Crippen molar-refractivity contribution in [3.8, 4) is 6.07 Å². The maximum absolute atomic E-state index is 12.8. The van der Waals surface area contributed by atoms with Crippen molar-refractivity contribution in [2.75, 3.05) is 0 Å². The first-order valence-electron chi connectivity index (χ1n) is 7.84. The molecule has 3 rings (SSSR count). The number of nitriles is 1. The molecule has 126 valence electrons. The van der Waals surface area contributed by atoms with Gasteiger partial charge in [0.1, 0.15) is 17.4 Å². The normalized spacial score (nSPS) is 23.0. The molecule has 2 heterocycles. The Morgan fingerprint density at radius 3 is 2.83 bits per heavy atom. The molecule has 1 aromatic rings. The summed E-state index contributed by atoms with van der Waals surface area (Å²) in [5, 5.41) is 14.1. The van der Waals surface area contributed by atoms with E-state index in [-0.39, 0.29) is 22.7 Å². The number of hydrogen-bond acceptors (Lipinski definition) is 5. The van der Waals surface area contributed by atoms with Crippen molar-refractivity contribution in [2.24, 2.45) is 11.1 Å². The molecule has 0 bridgehead atoms. The van der Waals surface area contributed by atoms with Gasteiger partial charge < -0.3 is 10.5 Å². The van der Waals surface area contributed by atoms with Gasteiger partial charge in [0.15, 0.2) is 5.78 Å². The summed E-state index contributed by atoms with van der Waals surface area (Å²) in [5.41, 5.74) is 7.18. The van der Waals surface area contributed by atoms with Crippen LogP contribution in [0.25, 0.3) is 0 Å². The van der Waals surface area contributed by atoms with Crippen molar-refractivity contribution < 1.29 is 9.53 Å². The van der Waals surface area contributed by atoms with Gasteiger partial charge in [-0.2, -0.15) is 10.4 Å². The lowest BCUT2D eigenvalue weighted by Gasteiger charge is -2.36. The van der Waals surface area contributed by atoms with Gasteiger partial charge in [-0.3, -0.25) is 9.48 Å². The van der Waals surface area contributed by atoms with E-state index in [4.69, 9.17) is 10.5 Å². The Hall–Kier alpha value is -2.07. The molecule has 24 heavy (non-hydrogen) atoms. The van der Waals surface area contributed by atoms with E-state index in [0.29, 0.717) is 36.4 Å². The second-order valence-electron chi connectivity index (χ2n) is 6.92. The molecule has 1 aliphatic carbocycles. The van der Waals surface area contributed by atoms with Gasteiger partial charge in [0.2, 0.25) is 5.88 Å². The lowest BCUT2D eigenvalue weighted by molar-refractivity contribution is -0.119. The fourth-order valence-corrected chi connectivity index (χ4v) is 3.87. The minimum absolute atomic E-state index is 0.00977. The Morgan fingerprint density at radius 2 is 2.25 bits per heavy atom. The first kappa shape index (κ1) is 16.8. The second kappa shape index (κ2) is 5.78. The highest BCUT2D eigenvalue weighted by atomic mass is 79.9. The van der Waals surface area contributed by atoms with Crippen molar-refractivity contribution in [2.45, 2.75) is 46.1 Å². The lowest BCUT2D eigenvalue weighted by atomic mass is 9.71. The topological polar surface area (TPSA) is 93.9 Å². The predicted octanol–water partition coefficient (Wildman–Crippen LogP) is 3.12. The summed E-state index contributed by atoms with van der Waals surface area (Å²) in [7, 11) is 0. The van der Waals surface area contributed by atoms with Crippen molar-refractivity contribution >= 4 is 21.7 Å². The number of aromatic nitrogens is 2. The molecular weight excluding hydrogens is 372 g/mol. The van der Waals surface area contributed by atoms with E-state index in [1.54, 1.807) is 4.68 Å². The Labute approximate surface area is 149 Å². The summed E-state index contributed by atoms with van der Waals surface area (Å²) in [6.07, 6.45) is 2.86. The number of carbonyl (C=O) groups excluding carboxylic acids is 1. The van der Waals surface area contributed by atoms with Crippen molar-refractivity contribution in [3.05, 3.63) is 39.2 Å². The Balaban J connectivity index is 2.20. The number of hydrogen-bond donors (Lipinski definition) is 1. The minimum atomic E-state index is -0.579. The van der Waals surface area contributed by atoms with Gasteiger partial charge in [0.05, 0.1) is 16.1 Å². The van der Waals surface area contributed by atoms with E-state index >= 15 is 0 Å². The molecule has 1 atom stereocenters. The van der Waals surface area contributed by atoms with Crippen LogP contribution in [0, 0.1) is 16.7 Å². The lowest BCUT2D eigenvalue weighted by Crippen LogP contribution is -2.33. The predicted molar refractivity (Wildman–Crippen MR) is 91.3 cm³/mol. The summed E-state index contributed by atoms with van der Waals surface area (Å²) in [4.78, 5) is 12.8. The molecule has 0 aromatic carbocycles. The maximum Gasteiger partial charge on any atom is 0.205 e. The average Bonchev–Trinajstić information content (AvgIpc) is 2.85. The number of ketones is 1. The SMILES string of the molecule is CCn1cc(Br)c([C@H]2C(C#N)=C(N)OC3=C2C(=O)CC(C)(C)C3)n1. The molecular formula is C17H19BrN4O2. The van der Waals surface area contributed by atoms with Gasteiger partial charge >= 0.3 is 0 Å². The molecule has 0 amide bonds. The summed E-state index contributed by atoms with van der Waals surface area (Å²) in [6.45, 7) is 6.71. The van der Waals surface area contributed by atoms with Gasteiger partial charge in [-0.05, 0) is 28.3 Å². The minimum Gasteiger partial charge on any atom is -0.444 e. The zero-order chi connectivity index (χ0) is 17.6.